The van der Waals surface area contributed by atoms with E-state index in [0.29, 0.717) is 23.9 Å². The molecule has 0 spiro atoms. The molecule has 2 rings (SSSR count). The van der Waals surface area contributed by atoms with E-state index in [-0.39, 0.29) is 0 Å². The van der Waals surface area contributed by atoms with Crippen molar-refractivity contribution in [2.75, 3.05) is 19.5 Å². The topological polar surface area (TPSA) is 61.3 Å². The van der Waals surface area contributed by atoms with Crippen LogP contribution in [0.1, 0.15) is 5.69 Å². The highest BCUT2D eigenvalue weighted by atomic mass is 35.5. The van der Waals surface area contributed by atoms with E-state index in [0.717, 1.165) is 16.8 Å². The van der Waals surface area contributed by atoms with Crippen molar-refractivity contribution in [3.63, 3.8) is 0 Å². The lowest BCUT2D eigenvalue weighted by atomic mass is 10.0. The average molecular weight is 253 g/mol. The Morgan fingerprint density at radius 1 is 1.47 bits per heavy atom. The van der Waals surface area contributed by atoms with Crippen LogP contribution >= 0.6 is 11.6 Å². The van der Waals surface area contributed by atoms with Crippen molar-refractivity contribution in [2.24, 2.45) is 0 Å². The second kappa shape index (κ2) is 5.21. The SMILES string of the molecule is COCCc1noc(N)c1-c1cccc(Cl)c1. The molecule has 1 aromatic carbocycles. The molecule has 1 aromatic heterocycles. The monoisotopic (exact) mass is 252 g/mol. The Bertz CT molecular complexity index is 511. The summed E-state index contributed by atoms with van der Waals surface area (Å²) in [6.45, 7) is 0.569. The molecule has 0 amide bonds. The first-order chi connectivity index (χ1) is 8.22. The van der Waals surface area contributed by atoms with Gasteiger partial charge >= 0.3 is 0 Å². The summed E-state index contributed by atoms with van der Waals surface area (Å²) < 4.78 is 10.0. The van der Waals surface area contributed by atoms with Gasteiger partial charge in [-0.3, -0.25) is 0 Å². The zero-order chi connectivity index (χ0) is 12.3. The van der Waals surface area contributed by atoms with Gasteiger partial charge in [0.2, 0.25) is 5.88 Å². The molecule has 0 radical (unpaired) electrons. The fourth-order valence-corrected chi connectivity index (χ4v) is 1.85. The summed E-state index contributed by atoms with van der Waals surface area (Å²) in [7, 11) is 1.64. The average Bonchev–Trinajstić information content (AvgIpc) is 2.68. The number of rotatable bonds is 4. The first kappa shape index (κ1) is 12.0. The Balaban J connectivity index is 2.39. The fraction of sp³-hybridized carbons (Fsp3) is 0.250. The maximum absolute atomic E-state index is 5.95. The van der Waals surface area contributed by atoms with Gasteiger partial charge in [-0.15, -0.1) is 0 Å². The number of ether oxygens (including phenoxy) is 1. The number of halogens is 1. The van der Waals surface area contributed by atoms with Crippen LogP contribution in [-0.4, -0.2) is 18.9 Å². The Labute approximate surface area is 104 Å². The second-order valence-corrected chi connectivity index (χ2v) is 4.06. The molecule has 0 aliphatic heterocycles. The molecular formula is C12H13ClN2O2. The number of nitrogen functional groups attached to an aromatic ring is 1. The molecule has 90 valence electrons. The van der Waals surface area contributed by atoms with Crippen molar-refractivity contribution in [3.05, 3.63) is 35.0 Å². The quantitative estimate of drug-likeness (QED) is 0.909. The van der Waals surface area contributed by atoms with Crippen LogP contribution in [0.3, 0.4) is 0 Å². The van der Waals surface area contributed by atoms with E-state index in [1.54, 1.807) is 7.11 Å². The number of aromatic nitrogens is 1. The summed E-state index contributed by atoms with van der Waals surface area (Å²) in [6, 6.07) is 7.43. The fourth-order valence-electron chi connectivity index (χ4n) is 1.66. The van der Waals surface area contributed by atoms with E-state index in [9.17, 15) is 0 Å². The molecule has 17 heavy (non-hydrogen) atoms. The van der Waals surface area contributed by atoms with Gasteiger partial charge in [-0.1, -0.05) is 28.9 Å². The van der Waals surface area contributed by atoms with Crippen molar-refractivity contribution >= 4 is 17.5 Å². The molecule has 5 heteroatoms. The van der Waals surface area contributed by atoms with Gasteiger partial charge < -0.3 is 15.0 Å². The van der Waals surface area contributed by atoms with Crippen molar-refractivity contribution in [2.45, 2.75) is 6.42 Å². The number of methoxy groups -OCH3 is 1. The molecule has 0 aliphatic rings. The minimum Gasteiger partial charge on any atom is -0.384 e. The van der Waals surface area contributed by atoms with Gasteiger partial charge in [-0.2, -0.15) is 0 Å². The molecular weight excluding hydrogens is 240 g/mol. The van der Waals surface area contributed by atoms with Crippen LogP contribution in [0.25, 0.3) is 11.1 Å². The molecule has 0 aliphatic carbocycles. The number of hydrogen-bond acceptors (Lipinski definition) is 4. The Kier molecular flexibility index (Phi) is 3.66. The van der Waals surface area contributed by atoms with E-state index >= 15 is 0 Å². The molecule has 1 heterocycles. The van der Waals surface area contributed by atoms with Crippen LogP contribution in [0.5, 0.6) is 0 Å². The van der Waals surface area contributed by atoms with Crippen LogP contribution in [0.15, 0.2) is 28.8 Å². The van der Waals surface area contributed by atoms with Gasteiger partial charge in [0.25, 0.3) is 0 Å². The van der Waals surface area contributed by atoms with Gasteiger partial charge in [0.05, 0.1) is 17.9 Å². The van der Waals surface area contributed by atoms with E-state index in [1.807, 2.05) is 24.3 Å². The van der Waals surface area contributed by atoms with Gasteiger partial charge in [0.15, 0.2) is 0 Å². The maximum atomic E-state index is 5.95. The predicted octanol–water partition coefficient (Wildman–Crippen LogP) is 2.77. The number of benzene rings is 1. The predicted molar refractivity (Wildman–Crippen MR) is 66.9 cm³/mol. The molecule has 0 bridgehead atoms. The summed E-state index contributed by atoms with van der Waals surface area (Å²) in [6.07, 6.45) is 0.652. The minimum absolute atomic E-state index is 0.304. The highest BCUT2D eigenvalue weighted by Gasteiger charge is 2.15. The highest BCUT2D eigenvalue weighted by Crippen LogP contribution is 2.31. The van der Waals surface area contributed by atoms with Crippen LogP contribution < -0.4 is 5.73 Å². The largest absolute Gasteiger partial charge is 0.384 e. The Morgan fingerprint density at radius 2 is 2.29 bits per heavy atom. The third kappa shape index (κ3) is 2.60. The van der Waals surface area contributed by atoms with Crippen molar-refractivity contribution < 1.29 is 9.26 Å². The lowest BCUT2D eigenvalue weighted by molar-refractivity contribution is 0.200. The van der Waals surface area contributed by atoms with Crippen LogP contribution in [0.2, 0.25) is 5.02 Å². The van der Waals surface area contributed by atoms with Gasteiger partial charge in [0, 0.05) is 18.6 Å². The number of anilines is 1. The van der Waals surface area contributed by atoms with Crippen LogP contribution in [0, 0.1) is 0 Å². The lowest BCUT2D eigenvalue weighted by Gasteiger charge is -2.02. The molecule has 0 atom stereocenters. The third-order valence-electron chi connectivity index (χ3n) is 2.45. The number of hydrogen-bond donors (Lipinski definition) is 1. The normalized spacial score (nSPS) is 10.7. The lowest BCUT2D eigenvalue weighted by Crippen LogP contribution is -1.97. The molecule has 2 aromatic rings. The Morgan fingerprint density at radius 3 is 3.00 bits per heavy atom. The van der Waals surface area contributed by atoms with E-state index < -0.39 is 0 Å². The first-order valence-corrected chi connectivity index (χ1v) is 5.59. The van der Waals surface area contributed by atoms with Gasteiger partial charge in [-0.05, 0) is 17.7 Å². The van der Waals surface area contributed by atoms with Crippen molar-refractivity contribution in [1.82, 2.24) is 5.16 Å². The Hall–Kier alpha value is -1.52. The number of nitrogens with zero attached hydrogens (tertiary/aromatic N) is 1. The summed E-state index contributed by atoms with van der Waals surface area (Å²) in [4.78, 5) is 0. The standard InChI is InChI=1S/C12H13ClN2O2/c1-16-6-5-10-11(12(14)17-15-10)8-3-2-4-9(13)7-8/h2-4,7H,5-6,14H2,1H3. The van der Waals surface area contributed by atoms with Crippen LogP contribution in [0.4, 0.5) is 5.88 Å². The molecule has 2 N–H and O–H groups in total. The maximum Gasteiger partial charge on any atom is 0.230 e. The van der Waals surface area contributed by atoms with Crippen molar-refractivity contribution in [3.8, 4) is 11.1 Å². The molecule has 0 unspecified atom stereocenters. The van der Waals surface area contributed by atoms with E-state index in [4.69, 9.17) is 26.6 Å². The molecule has 4 nitrogen and oxygen atoms in total. The van der Waals surface area contributed by atoms with Gasteiger partial charge in [0.1, 0.15) is 0 Å². The molecule has 0 saturated heterocycles. The van der Waals surface area contributed by atoms with E-state index in [2.05, 4.69) is 5.16 Å². The first-order valence-electron chi connectivity index (χ1n) is 5.21. The van der Waals surface area contributed by atoms with Gasteiger partial charge in [-0.25, -0.2) is 0 Å². The molecule has 0 fully saturated rings. The summed E-state index contributed by atoms with van der Waals surface area (Å²) in [5, 5.41) is 4.59. The zero-order valence-corrected chi connectivity index (χ0v) is 10.2. The minimum atomic E-state index is 0.304. The molecule has 0 saturated carbocycles. The summed E-state index contributed by atoms with van der Waals surface area (Å²) in [5.41, 5.74) is 8.27. The van der Waals surface area contributed by atoms with E-state index in [1.165, 1.54) is 0 Å². The second-order valence-electron chi connectivity index (χ2n) is 3.62. The van der Waals surface area contributed by atoms with Crippen LogP contribution in [-0.2, 0) is 11.2 Å². The summed E-state index contributed by atoms with van der Waals surface area (Å²) >= 11 is 5.95. The highest BCUT2D eigenvalue weighted by molar-refractivity contribution is 6.30. The summed E-state index contributed by atoms with van der Waals surface area (Å²) in [5.74, 6) is 0.304. The van der Waals surface area contributed by atoms with Crippen molar-refractivity contribution in [1.29, 1.82) is 0 Å². The smallest absolute Gasteiger partial charge is 0.230 e. The number of nitrogens with two attached hydrogens (primary N) is 1. The zero-order valence-electron chi connectivity index (χ0n) is 9.44. The third-order valence-corrected chi connectivity index (χ3v) is 2.68.